The summed E-state index contributed by atoms with van der Waals surface area (Å²) in [5, 5.41) is 0. The molecule has 0 bridgehead atoms. The summed E-state index contributed by atoms with van der Waals surface area (Å²) in [5.74, 6) is 0.561. The topological polar surface area (TPSA) is 64.2 Å². The van der Waals surface area contributed by atoms with E-state index >= 15 is 0 Å². The van der Waals surface area contributed by atoms with Crippen LogP contribution in [0.2, 0.25) is 0 Å². The second-order valence-electron chi connectivity index (χ2n) is 5.38. The van der Waals surface area contributed by atoms with Crippen molar-refractivity contribution in [3.05, 3.63) is 22.7 Å². The molecule has 0 spiro atoms. The lowest BCUT2D eigenvalue weighted by Crippen LogP contribution is -2.48. The summed E-state index contributed by atoms with van der Waals surface area (Å²) >= 11 is 0. The van der Waals surface area contributed by atoms with Crippen molar-refractivity contribution in [3.63, 3.8) is 0 Å². The molecule has 0 aromatic carbocycles. The molecular weight excluding hydrogens is 228 g/mol. The second-order valence-corrected chi connectivity index (χ2v) is 5.38. The summed E-state index contributed by atoms with van der Waals surface area (Å²) in [6, 6.07) is 0.672. The number of piperidine rings is 1. The molecule has 1 fully saturated rings. The van der Waals surface area contributed by atoms with Crippen LogP contribution in [0.1, 0.15) is 39.7 Å². The molecule has 2 heterocycles. The first-order valence-corrected chi connectivity index (χ1v) is 6.60. The number of hydrogen-bond acceptors (Lipinski definition) is 4. The molecule has 1 aliphatic rings. The van der Waals surface area contributed by atoms with Gasteiger partial charge in [-0.25, -0.2) is 4.98 Å². The Hall–Kier alpha value is -1.36. The van der Waals surface area contributed by atoms with Crippen LogP contribution < -0.4 is 16.2 Å². The van der Waals surface area contributed by atoms with Gasteiger partial charge in [0.2, 0.25) is 0 Å². The van der Waals surface area contributed by atoms with E-state index in [1.54, 1.807) is 17.0 Å². The van der Waals surface area contributed by atoms with Crippen LogP contribution in [0.25, 0.3) is 0 Å². The third-order valence-electron chi connectivity index (χ3n) is 3.59. The van der Waals surface area contributed by atoms with Gasteiger partial charge in [0, 0.05) is 37.1 Å². The van der Waals surface area contributed by atoms with Crippen molar-refractivity contribution in [3.8, 4) is 0 Å². The zero-order valence-electron chi connectivity index (χ0n) is 11.3. The van der Waals surface area contributed by atoms with Gasteiger partial charge in [-0.05, 0) is 33.6 Å². The molecule has 2 rings (SSSR count). The normalized spacial score (nSPS) is 24.6. The fourth-order valence-corrected chi connectivity index (χ4v) is 2.54. The lowest BCUT2D eigenvalue weighted by molar-refractivity contribution is 0.424. The van der Waals surface area contributed by atoms with Gasteiger partial charge < -0.3 is 15.2 Å². The minimum absolute atomic E-state index is 0.00479. The van der Waals surface area contributed by atoms with Gasteiger partial charge in [0.05, 0.1) is 0 Å². The Bertz CT molecular complexity index is 468. The molecule has 1 saturated heterocycles. The van der Waals surface area contributed by atoms with E-state index < -0.39 is 0 Å². The van der Waals surface area contributed by atoms with E-state index in [0.717, 1.165) is 19.4 Å². The standard InChI is InChI=1S/C13H22N4O/c1-9(2)16-7-5-15-12(13(16)18)17-6-4-11(14)8-10(17)3/h5,7,9-11H,4,6,8,14H2,1-3H3. The van der Waals surface area contributed by atoms with Crippen molar-refractivity contribution in [1.82, 2.24) is 9.55 Å². The van der Waals surface area contributed by atoms with Crippen molar-refractivity contribution >= 4 is 5.82 Å². The Kier molecular flexibility index (Phi) is 3.71. The Morgan fingerprint density at radius 2 is 2.22 bits per heavy atom. The zero-order valence-corrected chi connectivity index (χ0v) is 11.3. The Morgan fingerprint density at radius 3 is 2.83 bits per heavy atom. The van der Waals surface area contributed by atoms with Crippen LogP contribution in [-0.4, -0.2) is 28.2 Å². The molecule has 1 aromatic rings. The molecule has 2 unspecified atom stereocenters. The van der Waals surface area contributed by atoms with E-state index in [1.807, 2.05) is 13.8 Å². The summed E-state index contributed by atoms with van der Waals surface area (Å²) in [6.45, 7) is 6.92. The maximum Gasteiger partial charge on any atom is 0.293 e. The number of nitrogens with two attached hydrogens (primary N) is 1. The van der Waals surface area contributed by atoms with E-state index in [4.69, 9.17) is 5.73 Å². The number of anilines is 1. The first kappa shape index (κ1) is 13.1. The highest BCUT2D eigenvalue weighted by Gasteiger charge is 2.26. The maximum absolute atomic E-state index is 12.4. The number of hydrogen-bond donors (Lipinski definition) is 1. The molecule has 2 atom stereocenters. The van der Waals surface area contributed by atoms with Gasteiger partial charge >= 0.3 is 0 Å². The summed E-state index contributed by atoms with van der Waals surface area (Å²) in [4.78, 5) is 18.7. The molecule has 0 radical (unpaired) electrons. The third-order valence-corrected chi connectivity index (χ3v) is 3.59. The van der Waals surface area contributed by atoms with E-state index in [2.05, 4.69) is 16.8 Å². The first-order valence-electron chi connectivity index (χ1n) is 6.60. The molecule has 0 aliphatic carbocycles. The minimum atomic E-state index is -0.00479. The van der Waals surface area contributed by atoms with E-state index in [9.17, 15) is 4.79 Å². The van der Waals surface area contributed by atoms with Crippen molar-refractivity contribution < 1.29 is 0 Å². The Labute approximate surface area is 108 Å². The molecular formula is C13H22N4O. The van der Waals surface area contributed by atoms with Crippen LogP contribution in [0, 0.1) is 0 Å². The number of aromatic nitrogens is 2. The first-order chi connectivity index (χ1) is 8.50. The highest BCUT2D eigenvalue weighted by molar-refractivity contribution is 5.38. The molecule has 5 heteroatoms. The maximum atomic E-state index is 12.4. The predicted molar refractivity (Wildman–Crippen MR) is 72.9 cm³/mol. The average molecular weight is 250 g/mol. The van der Waals surface area contributed by atoms with Gasteiger partial charge in [-0.3, -0.25) is 4.79 Å². The minimum Gasteiger partial charge on any atom is -0.349 e. The van der Waals surface area contributed by atoms with Crippen LogP contribution in [0.15, 0.2) is 17.2 Å². The third kappa shape index (κ3) is 2.41. The highest BCUT2D eigenvalue weighted by Crippen LogP contribution is 2.19. The van der Waals surface area contributed by atoms with Gasteiger partial charge in [-0.2, -0.15) is 0 Å². The monoisotopic (exact) mass is 250 g/mol. The van der Waals surface area contributed by atoms with Crippen LogP contribution in [0.3, 0.4) is 0 Å². The van der Waals surface area contributed by atoms with Crippen LogP contribution >= 0.6 is 0 Å². The van der Waals surface area contributed by atoms with Gasteiger partial charge in [0.15, 0.2) is 5.82 Å². The van der Waals surface area contributed by atoms with Gasteiger partial charge in [0.1, 0.15) is 0 Å². The lowest BCUT2D eigenvalue weighted by atomic mass is 9.99. The van der Waals surface area contributed by atoms with E-state index in [1.165, 1.54) is 0 Å². The van der Waals surface area contributed by atoms with Crippen molar-refractivity contribution in [1.29, 1.82) is 0 Å². The fourth-order valence-electron chi connectivity index (χ4n) is 2.54. The molecule has 5 nitrogen and oxygen atoms in total. The molecule has 0 saturated carbocycles. The van der Waals surface area contributed by atoms with E-state index in [-0.39, 0.29) is 23.7 Å². The molecule has 100 valence electrons. The smallest absolute Gasteiger partial charge is 0.293 e. The molecule has 2 N–H and O–H groups in total. The molecule has 1 aromatic heterocycles. The SMILES string of the molecule is CC1CC(N)CCN1c1nccn(C(C)C)c1=O. The second kappa shape index (κ2) is 5.10. The lowest BCUT2D eigenvalue weighted by Gasteiger charge is -2.36. The Balaban J connectivity index is 2.34. The molecule has 0 amide bonds. The zero-order chi connectivity index (χ0) is 13.3. The summed E-state index contributed by atoms with van der Waals surface area (Å²) in [6.07, 6.45) is 5.29. The van der Waals surface area contributed by atoms with Crippen molar-refractivity contribution in [2.24, 2.45) is 5.73 Å². The quantitative estimate of drug-likeness (QED) is 0.855. The van der Waals surface area contributed by atoms with Gasteiger partial charge in [0.25, 0.3) is 5.56 Å². The fraction of sp³-hybridized carbons (Fsp3) is 0.692. The number of rotatable bonds is 2. The van der Waals surface area contributed by atoms with Gasteiger partial charge in [-0.1, -0.05) is 0 Å². The van der Waals surface area contributed by atoms with Crippen LogP contribution in [-0.2, 0) is 0 Å². The van der Waals surface area contributed by atoms with Gasteiger partial charge in [-0.15, -0.1) is 0 Å². The summed E-state index contributed by atoms with van der Waals surface area (Å²) in [7, 11) is 0. The van der Waals surface area contributed by atoms with Crippen molar-refractivity contribution in [2.75, 3.05) is 11.4 Å². The largest absolute Gasteiger partial charge is 0.349 e. The average Bonchev–Trinajstić information content (AvgIpc) is 2.30. The van der Waals surface area contributed by atoms with E-state index in [0.29, 0.717) is 5.82 Å². The molecule has 1 aliphatic heterocycles. The number of nitrogens with zero attached hydrogens (tertiary/aromatic N) is 3. The van der Waals surface area contributed by atoms with Crippen LogP contribution in [0.5, 0.6) is 0 Å². The summed E-state index contributed by atoms with van der Waals surface area (Å²) in [5.41, 5.74) is 5.95. The van der Waals surface area contributed by atoms with Crippen LogP contribution in [0.4, 0.5) is 5.82 Å². The molecule has 18 heavy (non-hydrogen) atoms. The predicted octanol–water partition coefficient (Wildman–Crippen LogP) is 1.14. The Morgan fingerprint density at radius 1 is 1.50 bits per heavy atom. The highest BCUT2D eigenvalue weighted by atomic mass is 16.1. The van der Waals surface area contributed by atoms with Crippen molar-refractivity contribution in [2.45, 2.75) is 51.7 Å². The summed E-state index contributed by atoms with van der Waals surface area (Å²) < 4.78 is 1.73.